The zero-order valence-corrected chi connectivity index (χ0v) is 19.7. The Balaban J connectivity index is 1.42. The first-order valence-corrected chi connectivity index (χ1v) is 11.7. The van der Waals surface area contributed by atoms with Gasteiger partial charge in [0.15, 0.2) is 6.23 Å². The van der Waals surface area contributed by atoms with Gasteiger partial charge in [-0.15, -0.1) is 0 Å². The van der Waals surface area contributed by atoms with E-state index < -0.39 is 32.2 Å². The van der Waals surface area contributed by atoms with Crippen molar-refractivity contribution in [1.82, 2.24) is 9.55 Å². The minimum atomic E-state index is -1.85. The van der Waals surface area contributed by atoms with Crippen LogP contribution < -0.4 is 20.3 Å². The standard InChI is InChI=1S/C22H19Cl2N2O6P/c1-14-12-26(22(28)25-21(14)27)20-11-10-19(30-20)13-29-33(31-17-6-2-15(23)3-7-17)32-18-8-4-16(24)5-9-18/h2-12,19-20H,13H2,1H3,(H,25,27,28)/t19-,20+/m0/s1. The van der Waals surface area contributed by atoms with E-state index in [0.29, 0.717) is 27.1 Å². The molecule has 11 heteroatoms. The van der Waals surface area contributed by atoms with E-state index in [1.165, 1.54) is 10.8 Å². The zero-order valence-electron chi connectivity index (χ0n) is 17.3. The molecule has 0 bridgehead atoms. The molecule has 2 atom stereocenters. The molecule has 4 rings (SSSR count). The van der Waals surface area contributed by atoms with Crippen LogP contribution in [0.25, 0.3) is 0 Å². The van der Waals surface area contributed by atoms with Crippen LogP contribution in [0.4, 0.5) is 0 Å². The molecule has 33 heavy (non-hydrogen) atoms. The molecule has 0 saturated heterocycles. The van der Waals surface area contributed by atoms with E-state index in [2.05, 4.69) is 4.98 Å². The lowest BCUT2D eigenvalue weighted by Crippen LogP contribution is -2.33. The molecule has 1 aliphatic rings. The smallest absolute Gasteiger partial charge is 0.418 e. The van der Waals surface area contributed by atoms with Crippen molar-refractivity contribution in [3.63, 3.8) is 0 Å². The minimum Gasteiger partial charge on any atom is -0.418 e. The quantitative estimate of drug-likeness (QED) is 0.339. The van der Waals surface area contributed by atoms with Gasteiger partial charge >= 0.3 is 14.3 Å². The number of benzene rings is 2. The third kappa shape index (κ3) is 6.25. The number of aryl methyl sites for hydroxylation is 1. The molecule has 0 unspecified atom stereocenters. The normalized spacial score (nSPS) is 17.5. The van der Waals surface area contributed by atoms with Gasteiger partial charge in [-0.25, -0.2) is 4.79 Å². The Morgan fingerprint density at radius 3 is 2.12 bits per heavy atom. The van der Waals surface area contributed by atoms with Crippen molar-refractivity contribution >= 4 is 31.8 Å². The van der Waals surface area contributed by atoms with Crippen molar-refractivity contribution in [3.05, 3.63) is 103 Å². The molecule has 0 fully saturated rings. The number of hydrogen-bond acceptors (Lipinski definition) is 6. The van der Waals surface area contributed by atoms with E-state index in [0.717, 1.165) is 0 Å². The molecule has 1 aromatic heterocycles. The number of aromatic nitrogens is 2. The monoisotopic (exact) mass is 508 g/mol. The Kier molecular flexibility index (Phi) is 7.53. The number of rotatable bonds is 8. The number of hydrogen-bond donors (Lipinski definition) is 1. The summed E-state index contributed by atoms with van der Waals surface area (Å²) in [5.41, 5.74) is -0.578. The van der Waals surface area contributed by atoms with Gasteiger partial charge in [-0.1, -0.05) is 29.3 Å². The highest BCUT2D eigenvalue weighted by Gasteiger charge is 2.26. The summed E-state index contributed by atoms with van der Waals surface area (Å²) in [5, 5.41) is 1.16. The first-order chi connectivity index (χ1) is 15.9. The van der Waals surface area contributed by atoms with Gasteiger partial charge in [0.05, 0.1) is 6.61 Å². The van der Waals surface area contributed by atoms with Crippen molar-refractivity contribution in [2.24, 2.45) is 0 Å². The van der Waals surface area contributed by atoms with Gasteiger partial charge in [0.2, 0.25) is 0 Å². The van der Waals surface area contributed by atoms with E-state index in [1.807, 2.05) is 0 Å². The Morgan fingerprint density at radius 2 is 1.55 bits per heavy atom. The van der Waals surface area contributed by atoms with Gasteiger partial charge in [0.25, 0.3) is 5.56 Å². The lowest BCUT2D eigenvalue weighted by molar-refractivity contribution is -0.00673. The summed E-state index contributed by atoms with van der Waals surface area (Å²) in [6, 6.07) is 13.6. The number of H-pyrrole nitrogens is 1. The summed E-state index contributed by atoms with van der Waals surface area (Å²) >= 11 is 11.9. The Hall–Kier alpha value is -2.61. The second kappa shape index (κ2) is 10.5. The van der Waals surface area contributed by atoms with Crippen LogP contribution in [0.15, 0.2) is 76.5 Å². The highest BCUT2D eigenvalue weighted by Crippen LogP contribution is 2.42. The van der Waals surface area contributed by atoms with E-state index in [1.54, 1.807) is 67.6 Å². The van der Waals surface area contributed by atoms with Gasteiger partial charge < -0.3 is 13.8 Å². The van der Waals surface area contributed by atoms with Crippen molar-refractivity contribution < 1.29 is 18.3 Å². The molecular formula is C22H19Cl2N2O6P. The summed E-state index contributed by atoms with van der Waals surface area (Å²) in [6.07, 6.45) is 3.83. The second-order valence-electron chi connectivity index (χ2n) is 7.04. The van der Waals surface area contributed by atoms with Crippen LogP contribution in [-0.2, 0) is 9.26 Å². The number of aromatic amines is 1. The summed E-state index contributed by atoms with van der Waals surface area (Å²) in [6.45, 7) is 1.72. The average molecular weight is 509 g/mol. The minimum absolute atomic E-state index is 0.108. The molecule has 8 nitrogen and oxygen atoms in total. The lowest BCUT2D eigenvalue weighted by atomic mass is 10.3. The maximum Gasteiger partial charge on any atom is 0.463 e. The fourth-order valence-electron chi connectivity index (χ4n) is 2.89. The summed E-state index contributed by atoms with van der Waals surface area (Å²) in [5.74, 6) is 1.05. The average Bonchev–Trinajstić information content (AvgIpc) is 3.26. The molecule has 0 aliphatic carbocycles. The second-order valence-corrected chi connectivity index (χ2v) is 8.98. The first kappa shape index (κ1) is 23.5. The van der Waals surface area contributed by atoms with E-state index in [4.69, 9.17) is 41.5 Å². The van der Waals surface area contributed by atoms with Crippen LogP contribution in [-0.4, -0.2) is 22.3 Å². The Bertz CT molecular complexity index is 1200. The van der Waals surface area contributed by atoms with Gasteiger partial charge in [0.1, 0.15) is 17.6 Å². The predicted octanol–water partition coefficient (Wildman–Crippen LogP) is 5.01. The molecule has 1 aliphatic heterocycles. The predicted molar refractivity (Wildman–Crippen MR) is 126 cm³/mol. The van der Waals surface area contributed by atoms with Crippen LogP contribution in [0, 0.1) is 6.92 Å². The van der Waals surface area contributed by atoms with E-state index in [9.17, 15) is 9.59 Å². The molecule has 0 spiro atoms. The molecule has 0 saturated carbocycles. The largest absolute Gasteiger partial charge is 0.463 e. The van der Waals surface area contributed by atoms with Gasteiger partial charge in [0, 0.05) is 21.8 Å². The SMILES string of the molecule is Cc1cn([C@H]2C=C[C@@H](COP(Oc3ccc(Cl)cc3)Oc3ccc(Cl)cc3)O2)c(=O)[nH]c1=O. The summed E-state index contributed by atoms with van der Waals surface area (Å²) in [4.78, 5) is 26.0. The third-order valence-corrected chi connectivity index (χ3v) is 6.14. The van der Waals surface area contributed by atoms with Crippen molar-refractivity contribution in [1.29, 1.82) is 0 Å². The van der Waals surface area contributed by atoms with E-state index >= 15 is 0 Å². The fourth-order valence-corrected chi connectivity index (χ4v) is 4.14. The molecular weight excluding hydrogens is 490 g/mol. The van der Waals surface area contributed by atoms with Crippen LogP contribution >= 0.6 is 31.8 Å². The highest BCUT2D eigenvalue weighted by molar-refractivity contribution is 7.42. The topological polar surface area (TPSA) is 91.8 Å². The maximum atomic E-state index is 12.1. The van der Waals surface area contributed by atoms with Crippen molar-refractivity contribution in [3.8, 4) is 11.5 Å². The lowest BCUT2D eigenvalue weighted by Gasteiger charge is -2.20. The van der Waals surface area contributed by atoms with Gasteiger partial charge in [-0.2, -0.15) is 0 Å². The van der Waals surface area contributed by atoms with Gasteiger partial charge in [-0.3, -0.25) is 18.9 Å². The number of ether oxygens (including phenoxy) is 1. The van der Waals surface area contributed by atoms with Gasteiger partial charge in [-0.05, 0) is 61.5 Å². The zero-order chi connectivity index (χ0) is 23.4. The first-order valence-electron chi connectivity index (χ1n) is 9.83. The van der Waals surface area contributed by atoms with Crippen LogP contribution in [0.3, 0.4) is 0 Å². The summed E-state index contributed by atoms with van der Waals surface area (Å²) < 4.78 is 24.8. The van der Waals surface area contributed by atoms with Crippen LogP contribution in [0.5, 0.6) is 11.5 Å². The van der Waals surface area contributed by atoms with E-state index in [-0.39, 0.29) is 6.61 Å². The third-order valence-electron chi connectivity index (χ3n) is 4.56. The molecule has 172 valence electrons. The van der Waals surface area contributed by atoms with Crippen molar-refractivity contribution in [2.75, 3.05) is 6.61 Å². The Morgan fingerprint density at radius 1 is 0.970 bits per heavy atom. The number of nitrogens with zero attached hydrogens (tertiary/aromatic N) is 1. The fraction of sp³-hybridized carbons (Fsp3) is 0.182. The highest BCUT2D eigenvalue weighted by atomic mass is 35.5. The summed E-state index contributed by atoms with van der Waals surface area (Å²) in [7, 11) is -1.85. The van der Waals surface area contributed by atoms with Crippen LogP contribution in [0.1, 0.15) is 11.8 Å². The molecule has 2 aromatic carbocycles. The molecule has 3 aromatic rings. The molecule has 2 heterocycles. The maximum absolute atomic E-state index is 12.1. The molecule has 0 radical (unpaired) electrons. The molecule has 1 N–H and O–H groups in total. The van der Waals surface area contributed by atoms with Crippen LogP contribution in [0.2, 0.25) is 10.0 Å². The Labute approximate surface area is 200 Å². The molecule has 0 amide bonds. The number of halogens is 2. The van der Waals surface area contributed by atoms with Crippen molar-refractivity contribution in [2.45, 2.75) is 19.3 Å². The number of nitrogens with one attached hydrogen (secondary N) is 1.